The Hall–Kier alpha value is -1.07. The molecule has 4 nitrogen and oxygen atoms in total. The molecule has 0 N–H and O–H groups in total. The average molecular weight is 241 g/mol. The van der Waals surface area contributed by atoms with Crippen LogP contribution in [0.1, 0.15) is 35.9 Å². The second-order valence-corrected chi connectivity index (χ2v) is 4.88. The molecule has 0 spiro atoms. The lowest BCUT2D eigenvalue weighted by molar-refractivity contribution is 0.00578. The van der Waals surface area contributed by atoms with E-state index in [-0.39, 0.29) is 5.59 Å². The van der Waals surface area contributed by atoms with Gasteiger partial charge in [-0.3, -0.25) is 4.98 Å². The fraction of sp³-hybridized carbons (Fsp3) is 0.583. The molecule has 1 aliphatic rings. The van der Waals surface area contributed by atoms with Crippen LogP contribution >= 0.6 is 0 Å². The zero-order valence-electron chi connectivity index (χ0n) is 16.2. The van der Waals surface area contributed by atoms with Crippen LogP contribution in [-0.2, 0) is 9.31 Å². The minimum Gasteiger partial charge on any atom is -0.497 e. The molecule has 0 unspecified atom stereocenters. The predicted octanol–water partition coefficient (Wildman–Crippen LogP) is 1.39. The molecule has 1 aromatic rings. The van der Waals surface area contributed by atoms with E-state index in [0.29, 0.717) is 0 Å². The summed E-state index contributed by atoms with van der Waals surface area (Å²) in [7, 11) is -3.89. The number of ether oxygens (including phenoxy) is 1. The van der Waals surface area contributed by atoms with Crippen molar-refractivity contribution in [2.45, 2.75) is 38.9 Å². The molecule has 1 fully saturated rings. The third kappa shape index (κ3) is 2.17. The predicted molar refractivity (Wildman–Crippen MR) is 66.5 cm³/mol. The lowest BCUT2D eigenvalue weighted by Crippen LogP contribution is -2.41. The minimum absolute atomic E-state index is 0.0797. The zero-order chi connectivity index (χ0) is 17.8. The van der Waals surface area contributed by atoms with Gasteiger partial charge in [-0.2, -0.15) is 0 Å². The molecule has 0 amide bonds. The average Bonchev–Trinajstić information content (AvgIpc) is 2.57. The van der Waals surface area contributed by atoms with Crippen LogP contribution in [0.2, 0.25) is 0 Å². The van der Waals surface area contributed by atoms with Gasteiger partial charge >= 0.3 is 7.12 Å². The fourth-order valence-electron chi connectivity index (χ4n) is 1.43. The minimum atomic E-state index is -2.84. The smallest absolute Gasteiger partial charge is 0.497 e. The molecule has 1 aliphatic heterocycles. The Morgan fingerprint density at radius 3 is 2.59 bits per heavy atom. The number of methoxy groups -OCH3 is 1. The van der Waals surface area contributed by atoms with E-state index >= 15 is 0 Å². The number of hydrogen-bond donors (Lipinski definition) is 0. The van der Waals surface area contributed by atoms with Gasteiger partial charge in [0.15, 0.2) is 0 Å². The van der Waals surface area contributed by atoms with Gasteiger partial charge in [-0.15, -0.1) is 0 Å². The van der Waals surface area contributed by atoms with Crippen LogP contribution in [0, 0.1) is 0 Å². The molecular weight excluding hydrogens is 217 g/mol. The van der Waals surface area contributed by atoms with Crippen molar-refractivity contribution < 1.29 is 22.3 Å². The molecule has 0 aromatic carbocycles. The summed E-state index contributed by atoms with van der Waals surface area (Å²) in [5.74, 6) is -0.533. The van der Waals surface area contributed by atoms with E-state index in [2.05, 4.69) is 4.98 Å². The molecule has 2 heterocycles. The van der Waals surface area contributed by atoms with Gasteiger partial charge < -0.3 is 14.0 Å². The highest BCUT2D eigenvalue weighted by molar-refractivity contribution is 6.61. The Balaban J connectivity index is 2.49. The van der Waals surface area contributed by atoms with E-state index in [1.807, 2.05) is 27.7 Å². The monoisotopic (exact) mass is 241 g/mol. The first-order valence-corrected chi connectivity index (χ1v) is 5.27. The first kappa shape index (κ1) is 6.76. The molecule has 1 aromatic heterocycles. The van der Waals surface area contributed by atoms with E-state index in [4.69, 9.17) is 22.3 Å². The van der Waals surface area contributed by atoms with Crippen LogP contribution in [0.25, 0.3) is 0 Å². The van der Waals surface area contributed by atoms with E-state index in [1.165, 1.54) is 0 Å². The summed E-state index contributed by atoms with van der Waals surface area (Å²) < 4.78 is 61.2. The van der Waals surface area contributed by atoms with Crippen molar-refractivity contribution in [2.75, 3.05) is 7.04 Å². The second kappa shape index (κ2) is 4.00. The van der Waals surface area contributed by atoms with Gasteiger partial charge in [0.05, 0.1) is 32.1 Å². The van der Waals surface area contributed by atoms with Crippen LogP contribution in [0.15, 0.2) is 18.3 Å². The largest absolute Gasteiger partial charge is 0.514 e. The Morgan fingerprint density at radius 1 is 1.35 bits per heavy atom. The lowest BCUT2D eigenvalue weighted by Gasteiger charge is -2.32. The molecule has 0 aliphatic carbocycles. The van der Waals surface area contributed by atoms with Gasteiger partial charge in [-0.25, -0.2) is 0 Å². The molecular formula is C12H18BNO3. The van der Waals surface area contributed by atoms with Crippen LogP contribution in [-0.4, -0.2) is 30.3 Å². The number of pyridine rings is 1. The highest BCUT2D eigenvalue weighted by atomic mass is 16.7. The van der Waals surface area contributed by atoms with Crippen molar-refractivity contribution in [3.63, 3.8) is 0 Å². The summed E-state index contributed by atoms with van der Waals surface area (Å²) in [5.41, 5.74) is -1.44. The molecule has 0 saturated carbocycles. The van der Waals surface area contributed by atoms with Crippen molar-refractivity contribution in [1.29, 1.82) is 0 Å². The molecule has 5 heteroatoms. The van der Waals surface area contributed by atoms with E-state index in [1.54, 1.807) is 0 Å². The fourth-order valence-corrected chi connectivity index (χ4v) is 1.43. The number of hydrogen-bond acceptors (Lipinski definition) is 4. The summed E-state index contributed by atoms with van der Waals surface area (Å²) in [6, 6.07) is -0.994. The van der Waals surface area contributed by atoms with Crippen LogP contribution in [0.3, 0.4) is 0 Å². The van der Waals surface area contributed by atoms with Crippen molar-refractivity contribution in [2.24, 2.45) is 0 Å². The topological polar surface area (TPSA) is 40.6 Å². The lowest BCUT2D eigenvalue weighted by atomic mass is 9.84. The SMILES string of the molecule is [2H]c1nc(B2OC(C)(C)C(C)(C)O2)c([2H])c(OC([2H])([2H])[2H])c1[2H]. The van der Waals surface area contributed by atoms with Gasteiger partial charge in [0.1, 0.15) is 5.75 Å². The third-order valence-corrected chi connectivity index (χ3v) is 3.17. The third-order valence-electron chi connectivity index (χ3n) is 3.17. The van der Waals surface area contributed by atoms with Crippen LogP contribution in [0.5, 0.6) is 5.75 Å². The molecule has 0 atom stereocenters. The van der Waals surface area contributed by atoms with E-state index in [0.717, 1.165) is 0 Å². The summed E-state index contributed by atoms with van der Waals surface area (Å²) in [6.45, 7) is 7.27. The van der Waals surface area contributed by atoms with E-state index < -0.39 is 49.4 Å². The second-order valence-electron chi connectivity index (χ2n) is 4.88. The molecule has 92 valence electrons. The van der Waals surface area contributed by atoms with Gasteiger partial charge in [0, 0.05) is 6.17 Å². The van der Waals surface area contributed by atoms with Crippen molar-refractivity contribution in [3.05, 3.63) is 18.3 Å². The number of nitrogens with zero attached hydrogens (tertiary/aromatic N) is 1. The molecule has 1 saturated heterocycles. The van der Waals surface area contributed by atoms with Crippen LogP contribution in [0.4, 0.5) is 0 Å². The summed E-state index contributed by atoms with van der Waals surface area (Å²) in [5, 5.41) is 0. The number of rotatable bonds is 2. The zero-order valence-corrected chi connectivity index (χ0v) is 10.2. The van der Waals surface area contributed by atoms with Crippen molar-refractivity contribution >= 4 is 12.7 Å². The first-order chi connectivity index (χ1) is 10.3. The Labute approximate surface area is 111 Å². The summed E-state index contributed by atoms with van der Waals surface area (Å²) >= 11 is 0. The Bertz CT molecular complexity index is 618. The standard InChI is InChI=1S/C12H18BNO3/c1-11(2)12(3,4)17-13(16-11)10-8-9(15-5)6-7-14-10/h6-8H,1-5H3/i5D3,6D,7D,8D. The quantitative estimate of drug-likeness (QED) is 0.733. The number of aromatic nitrogens is 1. The van der Waals surface area contributed by atoms with Gasteiger partial charge in [-0.05, 0) is 39.8 Å². The molecule has 17 heavy (non-hydrogen) atoms. The summed E-state index contributed by atoms with van der Waals surface area (Å²) in [4.78, 5) is 3.85. The maximum atomic E-state index is 8.09. The molecule has 2 rings (SSSR count). The van der Waals surface area contributed by atoms with Crippen LogP contribution < -0.4 is 10.3 Å². The Morgan fingerprint density at radius 2 is 2.00 bits per heavy atom. The maximum Gasteiger partial charge on any atom is 0.514 e. The highest BCUT2D eigenvalue weighted by Crippen LogP contribution is 2.36. The molecule has 0 radical (unpaired) electrons. The summed E-state index contributed by atoms with van der Waals surface area (Å²) in [6.07, 6.45) is -0.509. The first-order valence-electron chi connectivity index (χ1n) is 8.27. The van der Waals surface area contributed by atoms with Gasteiger partial charge in [-0.1, -0.05) is 0 Å². The maximum absolute atomic E-state index is 8.09. The van der Waals surface area contributed by atoms with Gasteiger partial charge in [0.25, 0.3) is 0 Å². The van der Waals surface area contributed by atoms with Crippen molar-refractivity contribution in [3.8, 4) is 5.75 Å². The Kier molecular flexibility index (Phi) is 1.59. The van der Waals surface area contributed by atoms with E-state index in [9.17, 15) is 0 Å². The highest BCUT2D eigenvalue weighted by Gasteiger charge is 2.52. The van der Waals surface area contributed by atoms with Crippen molar-refractivity contribution in [1.82, 2.24) is 4.98 Å². The molecule has 0 bridgehead atoms. The normalized spacial score (nSPS) is 27.4. The van der Waals surface area contributed by atoms with Gasteiger partial charge in [0.2, 0.25) is 0 Å².